The Labute approximate surface area is 138 Å². The number of hydrogen-bond donors (Lipinski definition) is 2. The Hall–Kier alpha value is -0.830. The molecule has 0 saturated heterocycles. The van der Waals surface area contributed by atoms with Crippen LogP contribution in [0.4, 0.5) is 0 Å². The van der Waals surface area contributed by atoms with Crippen molar-refractivity contribution in [3.8, 4) is 0 Å². The number of hydrogen-bond acceptors (Lipinski definition) is 3. The predicted octanol–water partition coefficient (Wildman–Crippen LogP) is 1.17. The summed E-state index contributed by atoms with van der Waals surface area (Å²) in [5.41, 5.74) is 1.22. The van der Waals surface area contributed by atoms with Crippen molar-refractivity contribution in [2.45, 2.75) is 19.8 Å². The lowest BCUT2D eigenvalue weighted by atomic mass is 10.2. The molecule has 116 valence electrons. The van der Waals surface area contributed by atoms with Crippen molar-refractivity contribution >= 4 is 29.9 Å². The first kappa shape index (κ1) is 19.2. The third-order valence-electron chi connectivity index (χ3n) is 2.65. The Balaban J connectivity index is 0.00000361. The monoisotopic (exact) mass is 395 g/mol. The number of ether oxygens (including phenoxy) is 1. The van der Waals surface area contributed by atoms with E-state index >= 15 is 0 Å². The maximum atomic E-state index is 5.28. The average Bonchev–Trinajstić information content (AvgIpc) is 2.82. The predicted molar refractivity (Wildman–Crippen MR) is 92.8 cm³/mol. The quantitative estimate of drug-likeness (QED) is 0.300. The van der Waals surface area contributed by atoms with E-state index in [2.05, 4.69) is 20.7 Å². The summed E-state index contributed by atoms with van der Waals surface area (Å²) in [6.45, 7) is 5.28. The summed E-state index contributed by atoms with van der Waals surface area (Å²) in [4.78, 5) is 4.18. The van der Waals surface area contributed by atoms with Crippen molar-refractivity contribution in [2.75, 3.05) is 33.4 Å². The Bertz CT molecular complexity index is 381. The molecule has 0 aliphatic carbocycles. The molecular weight excluding hydrogens is 369 g/mol. The maximum absolute atomic E-state index is 5.28. The summed E-state index contributed by atoms with van der Waals surface area (Å²) < 4.78 is 7.10. The minimum atomic E-state index is 0. The van der Waals surface area contributed by atoms with Crippen molar-refractivity contribution < 1.29 is 4.74 Å². The minimum Gasteiger partial charge on any atom is -0.382 e. The fraction of sp³-hybridized carbons (Fsp3) is 0.692. The second-order valence-corrected chi connectivity index (χ2v) is 4.25. The van der Waals surface area contributed by atoms with Crippen LogP contribution in [0.1, 0.15) is 18.9 Å². The fourth-order valence-electron chi connectivity index (χ4n) is 1.67. The van der Waals surface area contributed by atoms with E-state index in [-0.39, 0.29) is 24.0 Å². The molecule has 0 aliphatic rings. The second kappa shape index (κ2) is 12.0. The normalized spacial score (nSPS) is 11.1. The highest BCUT2D eigenvalue weighted by Crippen LogP contribution is 1.95. The molecule has 0 radical (unpaired) electrons. The van der Waals surface area contributed by atoms with Crippen LogP contribution >= 0.6 is 24.0 Å². The molecule has 0 aliphatic heterocycles. The van der Waals surface area contributed by atoms with Gasteiger partial charge in [0.05, 0.1) is 6.20 Å². The molecule has 1 heterocycles. The van der Waals surface area contributed by atoms with Crippen molar-refractivity contribution in [3.63, 3.8) is 0 Å². The molecule has 0 unspecified atom stereocenters. The highest BCUT2D eigenvalue weighted by molar-refractivity contribution is 14.0. The van der Waals surface area contributed by atoms with Gasteiger partial charge in [0.25, 0.3) is 0 Å². The molecule has 1 rings (SSSR count). The van der Waals surface area contributed by atoms with Crippen LogP contribution in [0.25, 0.3) is 0 Å². The van der Waals surface area contributed by atoms with Gasteiger partial charge < -0.3 is 15.4 Å². The third-order valence-corrected chi connectivity index (χ3v) is 2.65. The Morgan fingerprint density at radius 3 is 2.75 bits per heavy atom. The smallest absolute Gasteiger partial charge is 0.190 e. The number of aromatic nitrogens is 2. The van der Waals surface area contributed by atoms with Gasteiger partial charge in [-0.15, -0.1) is 24.0 Å². The molecule has 7 heteroatoms. The van der Waals surface area contributed by atoms with Crippen LogP contribution in [0.2, 0.25) is 0 Å². The third kappa shape index (κ3) is 8.36. The minimum absolute atomic E-state index is 0. The molecule has 6 nitrogen and oxygen atoms in total. The largest absolute Gasteiger partial charge is 0.382 e. The van der Waals surface area contributed by atoms with Crippen LogP contribution in [0.15, 0.2) is 17.4 Å². The number of guanidine groups is 1. The van der Waals surface area contributed by atoms with Crippen LogP contribution in [-0.2, 0) is 18.2 Å². The molecule has 20 heavy (non-hydrogen) atoms. The van der Waals surface area contributed by atoms with Crippen molar-refractivity contribution in [2.24, 2.45) is 12.0 Å². The van der Waals surface area contributed by atoms with E-state index < -0.39 is 0 Å². The number of nitrogens with zero attached hydrogens (tertiary/aromatic N) is 3. The first-order valence-electron chi connectivity index (χ1n) is 6.76. The lowest BCUT2D eigenvalue weighted by Gasteiger charge is -2.11. The van der Waals surface area contributed by atoms with Crippen molar-refractivity contribution in [1.29, 1.82) is 0 Å². The zero-order valence-electron chi connectivity index (χ0n) is 12.6. The Morgan fingerprint density at radius 2 is 2.15 bits per heavy atom. The highest BCUT2D eigenvalue weighted by Gasteiger charge is 1.99. The summed E-state index contributed by atoms with van der Waals surface area (Å²) in [5.74, 6) is 0.834. The molecule has 0 bridgehead atoms. The summed E-state index contributed by atoms with van der Waals surface area (Å²) in [6, 6.07) is 0. The van der Waals surface area contributed by atoms with E-state index in [1.165, 1.54) is 5.56 Å². The maximum Gasteiger partial charge on any atom is 0.190 e. The highest BCUT2D eigenvalue weighted by atomic mass is 127. The SMILES string of the molecule is CCOCCCNC(=NC)NCCc1cnn(C)c1.I. The van der Waals surface area contributed by atoms with Gasteiger partial charge >= 0.3 is 0 Å². The number of rotatable bonds is 8. The van der Waals surface area contributed by atoms with Crippen LogP contribution in [0.5, 0.6) is 0 Å². The Morgan fingerprint density at radius 1 is 1.40 bits per heavy atom. The van der Waals surface area contributed by atoms with Gasteiger partial charge in [0.2, 0.25) is 0 Å². The molecule has 0 saturated carbocycles. The zero-order chi connectivity index (χ0) is 13.9. The number of nitrogens with one attached hydrogen (secondary N) is 2. The molecule has 0 aromatic carbocycles. The van der Waals surface area contributed by atoms with E-state index in [0.29, 0.717) is 0 Å². The fourth-order valence-corrected chi connectivity index (χ4v) is 1.67. The molecule has 0 spiro atoms. The van der Waals surface area contributed by atoms with Gasteiger partial charge in [-0.3, -0.25) is 9.67 Å². The first-order chi connectivity index (χ1) is 9.26. The second-order valence-electron chi connectivity index (χ2n) is 4.25. The molecule has 0 amide bonds. The summed E-state index contributed by atoms with van der Waals surface area (Å²) in [6.07, 6.45) is 5.84. The van der Waals surface area contributed by atoms with Crippen LogP contribution < -0.4 is 10.6 Å². The first-order valence-corrected chi connectivity index (χ1v) is 6.76. The number of aryl methyl sites for hydroxylation is 1. The van der Waals surface area contributed by atoms with Gasteiger partial charge in [0.15, 0.2) is 5.96 Å². The van der Waals surface area contributed by atoms with E-state index in [1.54, 1.807) is 7.05 Å². The van der Waals surface area contributed by atoms with Crippen LogP contribution in [-0.4, -0.2) is 49.1 Å². The van der Waals surface area contributed by atoms with Gasteiger partial charge in [-0.1, -0.05) is 0 Å². The van der Waals surface area contributed by atoms with Gasteiger partial charge in [0.1, 0.15) is 0 Å². The standard InChI is InChI=1S/C13H25N5O.HI/c1-4-19-9-5-7-15-13(14-2)16-8-6-12-10-17-18(3)11-12;/h10-11H,4-9H2,1-3H3,(H2,14,15,16);1H. The van der Waals surface area contributed by atoms with Gasteiger partial charge in [-0.05, 0) is 25.3 Å². The molecular formula is C13H26IN5O. The molecule has 0 fully saturated rings. The molecule has 1 aromatic rings. The van der Waals surface area contributed by atoms with E-state index in [9.17, 15) is 0 Å². The average molecular weight is 395 g/mol. The molecule has 1 aromatic heterocycles. The zero-order valence-corrected chi connectivity index (χ0v) is 14.9. The van der Waals surface area contributed by atoms with Crippen LogP contribution in [0, 0.1) is 0 Å². The molecule has 0 atom stereocenters. The topological polar surface area (TPSA) is 63.5 Å². The lowest BCUT2D eigenvalue weighted by molar-refractivity contribution is 0.145. The van der Waals surface area contributed by atoms with E-state index in [0.717, 1.165) is 45.1 Å². The van der Waals surface area contributed by atoms with E-state index in [4.69, 9.17) is 4.74 Å². The number of halogens is 1. The van der Waals surface area contributed by atoms with Crippen LogP contribution in [0.3, 0.4) is 0 Å². The summed E-state index contributed by atoms with van der Waals surface area (Å²) in [7, 11) is 3.71. The number of aliphatic imine (C=N–C) groups is 1. The Kier molecular flexibility index (Phi) is 11.5. The molecule has 2 N–H and O–H groups in total. The van der Waals surface area contributed by atoms with Crippen molar-refractivity contribution in [1.82, 2.24) is 20.4 Å². The van der Waals surface area contributed by atoms with Gasteiger partial charge in [-0.25, -0.2) is 0 Å². The van der Waals surface area contributed by atoms with Crippen molar-refractivity contribution in [3.05, 3.63) is 18.0 Å². The van der Waals surface area contributed by atoms with E-state index in [1.807, 2.05) is 31.0 Å². The van der Waals surface area contributed by atoms with Gasteiger partial charge in [-0.2, -0.15) is 5.10 Å². The lowest BCUT2D eigenvalue weighted by Crippen LogP contribution is -2.39. The summed E-state index contributed by atoms with van der Waals surface area (Å²) >= 11 is 0. The van der Waals surface area contributed by atoms with Gasteiger partial charge in [0, 0.05) is 46.6 Å². The summed E-state index contributed by atoms with van der Waals surface area (Å²) in [5, 5.41) is 10.7.